The van der Waals surface area contributed by atoms with Gasteiger partial charge in [-0.25, -0.2) is 0 Å². The Morgan fingerprint density at radius 1 is 1.39 bits per heavy atom. The molecule has 0 radical (unpaired) electrons. The van der Waals surface area contributed by atoms with E-state index in [-0.39, 0.29) is 0 Å². The standard InChI is InChI=1S/C14H18BrIN2/c1-9-6-11(8-18(9)12-3-4-12)17-14-7-10(16)2-5-13(14)15/h2,5,7,9,11-12,17H,3-4,6,8H2,1H3. The van der Waals surface area contributed by atoms with Crippen molar-refractivity contribution in [1.82, 2.24) is 4.90 Å². The van der Waals surface area contributed by atoms with Crippen LogP contribution in [0, 0.1) is 3.57 Å². The van der Waals surface area contributed by atoms with Crippen LogP contribution >= 0.6 is 38.5 Å². The minimum absolute atomic E-state index is 0.593. The van der Waals surface area contributed by atoms with E-state index in [0.29, 0.717) is 6.04 Å². The molecule has 98 valence electrons. The fraction of sp³-hybridized carbons (Fsp3) is 0.571. The summed E-state index contributed by atoms with van der Waals surface area (Å²) in [6.07, 6.45) is 4.07. The molecular weight excluding hydrogens is 403 g/mol. The summed E-state index contributed by atoms with van der Waals surface area (Å²) in [6.45, 7) is 3.56. The van der Waals surface area contributed by atoms with Crippen LogP contribution in [0.15, 0.2) is 22.7 Å². The molecule has 0 bridgehead atoms. The Hall–Kier alpha value is 0.190. The lowest BCUT2D eigenvalue weighted by Gasteiger charge is -2.20. The second-order valence-corrected chi connectivity index (χ2v) is 7.58. The Morgan fingerprint density at radius 2 is 2.17 bits per heavy atom. The zero-order valence-corrected chi connectivity index (χ0v) is 14.2. The van der Waals surface area contributed by atoms with Crippen LogP contribution in [0.4, 0.5) is 5.69 Å². The molecule has 1 aliphatic heterocycles. The van der Waals surface area contributed by atoms with E-state index in [1.54, 1.807) is 0 Å². The van der Waals surface area contributed by atoms with Crippen LogP contribution in [0.25, 0.3) is 0 Å². The topological polar surface area (TPSA) is 15.3 Å². The molecule has 2 unspecified atom stereocenters. The van der Waals surface area contributed by atoms with Crippen molar-refractivity contribution in [2.24, 2.45) is 0 Å². The van der Waals surface area contributed by atoms with Crippen molar-refractivity contribution in [1.29, 1.82) is 0 Å². The summed E-state index contributed by atoms with van der Waals surface area (Å²) in [6, 6.07) is 8.68. The number of hydrogen-bond donors (Lipinski definition) is 1. The molecular formula is C14H18BrIN2. The lowest BCUT2D eigenvalue weighted by atomic mass is 10.2. The first-order chi connectivity index (χ1) is 8.63. The highest BCUT2D eigenvalue weighted by Gasteiger charge is 2.38. The average molecular weight is 421 g/mol. The highest BCUT2D eigenvalue weighted by atomic mass is 127. The molecule has 4 heteroatoms. The smallest absolute Gasteiger partial charge is 0.0497 e. The maximum Gasteiger partial charge on any atom is 0.0497 e. The first-order valence-corrected chi connectivity index (χ1v) is 8.48. The molecule has 0 amide bonds. The average Bonchev–Trinajstić information content (AvgIpc) is 3.09. The van der Waals surface area contributed by atoms with E-state index in [4.69, 9.17) is 0 Å². The van der Waals surface area contributed by atoms with E-state index in [2.05, 4.69) is 73.9 Å². The number of benzene rings is 1. The van der Waals surface area contributed by atoms with Gasteiger partial charge in [0, 0.05) is 38.4 Å². The zero-order chi connectivity index (χ0) is 12.7. The van der Waals surface area contributed by atoms with Gasteiger partial charge in [0.1, 0.15) is 0 Å². The van der Waals surface area contributed by atoms with E-state index < -0.39 is 0 Å². The van der Waals surface area contributed by atoms with Crippen LogP contribution in [0.5, 0.6) is 0 Å². The second kappa shape index (κ2) is 5.29. The van der Waals surface area contributed by atoms with Gasteiger partial charge in [-0.3, -0.25) is 4.90 Å². The van der Waals surface area contributed by atoms with E-state index in [9.17, 15) is 0 Å². The van der Waals surface area contributed by atoms with Crippen molar-refractivity contribution in [2.75, 3.05) is 11.9 Å². The summed E-state index contributed by atoms with van der Waals surface area (Å²) in [4.78, 5) is 2.68. The monoisotopic (exact) mass is 420 g/mol. The number of halogens is 2. The van der Waals surface area contributed by atoms with Crippen molar-refractivity contribution in [2.45, 2.75) is 44.3 Å². The molecule has 2 nitrogen and oxygen atoms in total. The fourth-order valence-electron chi connectivity index (χ4n) is 2.90. The van der Waals surface area contributed by atoms with Crippen LogP contribution in [0.2, 0.25) is 0 Å². The van der Waals surface area contributed by atoms with E-state index in [1.807, 2.05) is 0 Å². The Morgan fingerprint density at radius 3 is 2.89 bits per heavy atom. The number of hydrogen-bond acceptors (Lipinski definition) is 2. The third-order valence-corrected chi connectivity index (χ3v) is 5.29. The van der Waals surface area contributed by atoms with E-state index >= 15 is 0 Å². The van der Waals surface area contributed by atoms with Crippen molar-refractivity contribution >= 4 is 44.2 Å². The zero-order valence-electron chi connectivity index (χ0n) is 10.5. The van der Waals surface area contributed by atoms with Gasteiger partial charge in [-0.05, 0) is 82.9 Å². The summed E-state index contributed by atoms with van der Waals surface area (Å²) < 4.78 is 2.45. The van der Waals surface area contributed by atoms with Crippen LogP contribution in [-0.2, 0) is 0 Å². The first-order valence-electron chi connectivity index (χ1n) is 6.61. The van der Waals surface area contributed by atoms with Crippen molar-refractivity contribution in [3.63, 3.8) is 0 Å². The molecule has 2 atom stereocenters. The van der Waals surface area contributed by atoms with Crippen LogP contribution < -0.4 is 5.32 Å². The third kappa shape index (κ3) is 2.85. The van der Waals surface area contributed by atoms with Gasteiger partial charge in [0.2, 0.25) is 0 Å². The molecule has 2 aliphatic rings. The lowest BCUT2D eigenvalue weighted by Crippen LogP contribution is -2.31. The quantitative estimate of drug-likeness (QED) is 0.741. The van der Waals surface area contributed by atoms with Gasteiger partial charge in [-0.2, -0.15) is 0 Å². The predicted molar refractivity (Wildman–Crippen MR) is 88.1 cm³/mol. The molecule has 3 rings (SSSR count). The van der Waals surface area contributed by atoms with E-state index in [0.717, 1.165) is 12.1 Å². The second-order valence-electron chi connectivity index (χ2n) is 5.48. The molecule has 1 N–H and O–H groups in total. The van der Waals surface area contributed by atoms with Gasteiger partial charge >= 0.3 is 0 Å². The molecule has 2 fully saturated rings. The van der Waals surface area contributed by atoms with Gasteiger partial charge < -0.3 is 5.32 Å². The molecule has 0 spiro atoms. The van der Waals surface area contributed by atoms with Gasteiger partial charge in [-0.1, -0.05) is 0 Å². The van der Waals surface area contributed by atoms with Crippen LogP contribution in [0.3, 0.4) is 0 Å². The van der Waals surface area contributed by atoms with Gasteiger partial charge in [0.15, 0.2) is 0 Å². The largest absolute Gasteiger partial charge is 0.380 e. The number of nitrogens with one attached hydrogen (secondary N) is 1. The predicted octanol–water partition coefficient (Wildman–Crippen LogP) is 4.09. The molecule has 1 aromatic rings. The summed E-state index contributed by atoms with van der Waals surface area (Å²) in [7, 11) is 0. The molecule has 1 saturated carbocycles. The minimum atomic E-state index is 0.593. The van der Waals surface area contributed by atoms with Crippen LogP contribution in [0.1, 0.15) is 26.2 Å². The van der Waals surface area contributed by atoms with Gasteiger partial charge in [0.25, 0.3) is 0 Å². The number of nitrogens with zero attached hydrogens (tertiary/aromatic N) is 1. The molecule has 1 saturated heterocycles. The maximum absolute atomic E-state index is 3.70. The molecule has 1 aliphatic carbocycles. The third-order valence-electron chi connectivity index (χ3n) is 3.93. The Labute approximate surface area is 131 Å². The first kappa shape index (κ1) is 13.2. The highest BCUT2D eigenvalue weighted by Crippen LogP contribution is 2.35. The van der Waals surface area contributed by atoms with E-state index in [1.165, 1.54) is 39.5 Å². The fourth-order valence-corrected chi connectivity index (χ4v) is 3.76. The van der Waals surface area contributed by atoms with Crippen molar-refractivity contribution in [3.05, 3.63) is 26.2 Å². The number of likely N-dealkylation sites (tertiary alicyclic amines) is 1. The molecule has 1 aromatic carbocycles. The minimum Gasteiger partial charge on any atom is -0.380 e. The van der Waals surface area contributed by atoms with Crippen molar-refractivity contribution in [3.8, 4) is 0 Å². The maximum atomic E-state index is 3.70. The highest BCUT2D eigenvalue weighted by molar-refractivity contribution is 14.1. The molecule has 18 heavy (non-hydrogen) atoms. The summed E-state index contributed by atoms with van der Waals surface area (Å²) in [5.74, 6) is 0. The lowest BCUT2D eigenvalue weighted by molar-refractivity contribution is 0.257. The summed E-state index contributed by atoms with van der Waals surface area (Å²) >= 11 is 6.00. The Kier molecular flexibility index (Phi) is 3.87. The molecule has 1 heterocycles. The molecule has 0 aromatic heterocycles. The van der Waals surface area contributed by atoms with Crippen molar-refractivity contribution < 1.29 is 0 Å². The SMILES string of the molecule is CC1CC(Nc2cc(I)ccc2Br)CN1C1CC1. The number of anilines is 1. The summed E-state index contributed by atoms with van der Waals surface area (Å²) in [5, 5.41) is 3.70. The normalized spacial score (nSPS) is 28.6. The number of rotatable bonds is 3. The van der Waals surface area contributed by atoms with Gasteiger partial charge in [-0.15, -0.1) is 0 Å². The Balaban J connectivity index is 1.68. The van der Waals surface area contributed by atoms with Gasteiger partial charge in [0.05, 0.1) is 0 Å². The summed E-state index contributed by atoms with van der Waals surface area (Å²) in [5.41, 5.74) is 1.23. The Bertz CT molecular complexity index is 447. The van der Waals surface area contributed by atoms with Crippen LogP contribution in [-0.4, -0.2) is 29.6 Å².